The highest BCUT2D eigenvalue weighted by atomic mass is 16.5. The number of piperazine rings is 1. The second-order valence-electron chi connectivity index (χ2n) is 4.51. The summed E-state index contributed by atoms with van der Waals surface area (Å²) in [6.07, 6.45) is 1.55. The van der Waals surface area contributed by atoms with E-state index in [1.165, 1.54) is 13.2 Å². The van der Waals surface area contributed by atoms with Gasteiger partial charge in [0.2, 0.25) is 5.91 Å². The van der Waals surface area contributed by atoms with Crippen LogP contribution in [0.25, 0.3) is 0 Å². The summed E-state index contributed by atoms with van der Waals surface area (Å²) in [4.78, 5) is 30.1. The first kappa shape index (κ1) is 14.3. The van der Waals surface area contributed by atoms with Crippen LogP contribution in [0.4, 0.5) is 5.69 Å². The SMILES string of the molecule is COCC(=O)N1CCN(c2ccc(C(=O)O)nc2)CC1. The third kappa shape index (κ3) is 3.24. The Hall–Kier alpha value is -2.15. The van der Waals surface area contributed by atoms with Crippen LogP contribution in [-0.4, -0.2) is 66.8 Å². The Morgan fingerprint density at radius 3 is 2.50 bits per heavy atom. The number of anilines is 1. The molecule has 7 heteroatoms. The fourth-order valence-electron chi connectivity index (χ4n) is 2.13. The van der Waals surface area contributed by atoms with E-state index in [0.29, 0.717) is 26.2 Å². The van der Waals surface area contributed by atoms with Crippen LogP contribution in [0.15, 0.2) is 18.3 Å². The average Bonchev–Trinajstić information content (AvgIpc) is 2.48. The predicted octanol–water partition coefficient (Wildman–Crippen LogP) is 0.0748. The highest BCUT2D eigenvalue weighted by Gasteiger charge is 2.21. The van der Waals surface area contributed by atoms with Crippen molar-refractivity contribution in [3.05, 3.63) is 24.0 Å². The van der Waals surface area contributed by atoms with E-state index in [1.54, 1.807) is 17.2 Å². The summed E-state index contributed by atoms with van der Waals surface area (Å²) in [7, 11) is 1.50. The van der Waals surface area contributed by atoms with Crippen molar-refractivity contribution in [3.8, 4) is 0 Å². The molecule has 20 heavy (non-hydrogen) atoms. The van der Waals surface area contributed by atoms with Crippen LogP contribution in [0.5, 0.6) is 0 Å². The minimum atomic E-state index is -1.04. The topological polar surface area (TPSA) is 83.0 Å². The Kier molecular flexibility index (Phi) is 4.52. The summed E-state index contributed by atoms with van der Waals surface area (Å²) in [6.45, 7) is 2.76. The van der Waals surface area contributed by atoms with Gasteiger partial charge >= 0.3 is 5.97 Å². The van der Waals surface area contributed by atoms with Crippen LogP contribution in [0, 0.1) is 0 Å². The molecule has 1 amide bonds. The number of methoxy groups -OCH3 is 1. The summed E-state index contributed by atoms with van der Waals surface area (Å²) >= 11 is 0. The molecule has 0 aromatic carbocycles. The van der Waals surface area contributed by atoms with E-state index in [1.807, 2.05) is 0 Å². The minimum Gasteiger partial charge on any atom is -0.477 e. The number of rotatable bonds is 4. The van der Waals surface area contributed by atoms with E-state index in [-0.39, 0.29) is 18.2 Å². The van der Waals surface area contributed by atoms with E-state index < -0.39 is 5.97 Å². The molecule has 0 spiro atoms. The van der Waals surface area contributed by atoms with E-state index in [4.69, 9.17) is 9.84 Å². The Morgan fingerprint density at radius 2 is 2.00 bits per heavy atom. The summed E-state index contributed by atoms with van der Waals surface area (Å²) in [5, 5.41) is 8.80. The number of carboxylic acids is 1. The largest absolute Gasteiger partial charge is 0.477 e. The van der Waals surface area contributed by atoms with Gasteiger partial charge in [0.15, 0.2) is 0 Å². The lowest BCUT2D eigenvalue weighted by atomic mass is 10.2. The minimum absolute atomic E-state index is 0.00787. The number of carbonyl (C=O) groups is 2. The molecule has 108 valence electrons. The molecule has 1 saturated heterocycles. The van der Waals surface area contributed by atoms with Crippen LogP contribution < -0.4 is 4.90 Å². The van der Waals surface area contributed by atoms with E-state index >= 15 is 0 Å². The van der Waals surface area contributed by atoms with Gasteiger partial charge in [-0.1, -0.05) is 0 Å². The molecule has 1 aliphatic heterocycles. The molecule has 0 bridgehead atoms. The molecule has 1 N–H and O–H groups in total. The van der Waals surface area contributed by atoms with Gasteiger partial charge in [-0.05, 0) is 12.1 Å². The number of aromatic carboxylic acids is 1. The van der Waals surface area contributed by atoms with Crippen molar-refractivity contribution in [2.45, 2.75) is 0 Å². The first-order valence-electron chi connectivity index (χ1n) is 6.33. The first-order chi connectivity index (χ1) is 9.61. The standard InChI is InChI=1S/C13H17N3O4/c1-20-9-12(17)16-6-4-15(5-7-16)10-2-3-11(13(18)19)14-8-10/h2-3,8H,4-7,9H2,1H3,(H,18,19). The number of nitrogens with zero attached hydrogens (tertiary/aromatic N) is 3. The molecule has 0 saturated carbocycles. The molecule has 1 aromatic rings. The van der Waals surface area contributed by atoms with Gasteiger partial charge in [0.1, 0.15) is 12.3 Å². The quantitative estimate of drug-likeness (QED) is 0.840. The Balaban J connectivity index is 1.93. The zero-order valence-corrected chi connectivity index (χ0v) is 11.3. The number of hydrogen-bond acceptors (Lipinski definition) is 5. The normalized spacial score (nSPS) is 15.2. The molecule has 0 radical (unpaired) electrons. The number of carboxylic acid groups (broad SMARTS) is 1. The van der Waals surface area contributed by atoms with Crippen molar-refractivity contribution in [1.82, 2.24) is 9.88 Å². The Morgan fingerprint density at radius 1 is 1.30 bits per heavy atom. The lowest BCUT2D eigenvalue weighted by Crippen LogP contribution is -2.49. The van der Waals surface area contributed by atoms with Gasteiger partial charge in [-0.2, -0.15) is 0 Å². The van der Waals surface area contributed by atoms with Crippen LogP contribution in [0.2, 0.25) is 0 Å². The maximum Gasteiger partial charge on any atom is 0.354 e. The zero-order chi connectivity index (χ0) is 14.5. The number of aromatic nitrogens is 1. The maximum atomic E-state index is 11.7. The first-order valence-corrected chi connectivity index (χ1v) is 6.33. The second-order valence-corrected chi connectivity index (χ2v) is 4.51. The molecule has 1 aliphatic rings. The fourth-order valence-corrected chi connectivity index (χ4v) is 2.13. The lowest BCUT2D eigenvalue weighted by molar-refractivity contribution is -0.135. The lowest BCUT2D eigenvalue weighted by Gasteiger charge is -2.35. The highest BCUT2D eigenvalue weighted by Crippen LogP contribution is 2.15. The van der Waals surface area contributed by atoms with Gasteiger partial charge in [-0.25, -0.2) is 9.78 Å². The molecule has 1 fully saturated rings. The molecule has 2 rings (SSSR count). The van der Waals surface area contributed by atoms with Crippen molar-refractivity contribution >= 4 is 17.6 Å². The number of carbonyl (C=O) groups excluding carboxylic acids is 1. The number of ether oxygens (including phenoxy) is 1. The molecule has 7 nitrogen and oxygen atoms in total. The second kappa shape index (κ2) is 6.33. The fraction of sp³-hybridized carbons (Fsp3) is 0.462. The highest BCUT2D eigenvalue weighted by molar-refractivity contribution is 5.85. The van der Waals surface area contributed by atoms with Crippen LogP contribution >= 0.6 is 0 Å². The molecular weight excluding hydrogens is 262 g/mol. The molecule has 2 heterocycles. The number of pyridine rings is 1. The third-order valence-corrected chi connectivity index (χ3v) is 3.23. The molecule has 0 atom stereocenters. The van der Waals surface area contributed by atoms with Gasteiger partial charge in [0.25, 0.3) is 0 Å². The predicted molar refractivity (Wildman–Crippen MR) is 71.9 cm³/mol. The van der Waals surface area contributed by atoms with Gasteiger partial charge < -0.3 is 19.6 Å². The van der Waals surface area contributed by atoms with Gasteiger partial charge in [0, 0.05) is 33.3 Å². The zero-order valence-electron chi connectivity index (χ0n) is 11.3. The Bertz CT molecular complexity index is 481. The molecular formula is C13H17N3O4. The molecule has 0 aliphatic carbocycles. The van der Waals surface area contributed by atoms with Crippen molar-refractivity contribution < 1.29 is 19.4 Å². The van der Waals surface area contributed by atoms with E-state index in [9.17, 15) is 9.59 Å². The third-order valence-electron chi connectivity index (χ3n) is 3.23. The monoisotopic (exact) mass is 279 g/mol. The summed E-state index contributed by atoms with van der Waals surface area (Å²) in [5.74, 6) is -1.04. The van der Waals surface area contributed by atoms with Gasteiger partial charge in [-0.3, -0.25) is 4.79 Å². The Labute approximate surface area is 116 Å². The summed E-state index contributed by atoms with van der Waals surface area (Å²) < 4.78 is 4.83. The van der Waals surface area contributed by atoms with Crippen LogP contribution in [-0.2, 0) is 9.53 Å². The van der Waals surface area contributed by atoms with Crippen molar-refractivity contribution in [2.24, 2.45) is 0 Å². The summed E-state index contributed by atoms with van der Waals surface area (Å²) in [5.41, 5.74) is 0.900. The van der Waals surface area contributed by atoms with Crippen molar-refractivity contribution in [1.29, 1.82) is 0 Å². The number of hydrogen-bond donors (Lipinski definition) is 1. The maximum absolute atomic E-state index is 11.7. The van der Waals surface area contributed by atoms with Gasteiger partial charge in [-0.15, -0.1) is 0 Å². The van der Waals surface area contributed by atoms with Crippen LogP contribution in [0.3, 0.4) is 0 Å². The van der Waals surface area contributed by atoms with Crippen LogP contribution in [0.1, 0.15) is 10.5 Å². The van der Waals surface area contributed by atoms with E-state index in [0.717, 1.165) is 5.69 Å². The smallest absolute Gasteiger partial charge is 0.354 e. The van der Waals surface area contributed by atoms with Crippen molar-refractivity contribution in [3.63, 3.8) is 0 Å². The summed E-state index contributed by atoms with van der Waals surface area (Å²) in [6, 6.07) is 3.23. The number of amides is 1. The molecule has 0 unspecified atom stereocenters. The van der Waals surface area contributed by atoms with E-state index in [2.05, 4.69) is 9.88 Å². The molecule has 1 aromatic heterocycles. The van der Waals surface area contributed by atoms with Gasteiger partial charge in [0.05, 0.1) is 11.9 Å². The average molecular weight is 279 g/mol. The van der Waals surface area contributed by atoms with Crippen molar-refractivity contribution in [2.75, 3.05) is 44.8 Å².